The summed E-state index contributed by atoms with van der Waals surface area (Å²) in [6.07, 6.45) is 15.5. The first kappa shape index (κ1) is 105. The number of alkyl halides is 3. The standard InChI is InChI=1S/C45H46N8O.C26H32N8O.C25H25N3.C20H23N5O2.C2HF3O/c1-32-21-23-40(24-22-32)53-34(3)41-33(2)48-49-43(42(41)50-53)51-28-25-35(26-29-51)44(54)46-27-13-20-39-30-52(31-47-39)45(36-14-7-4-8-15-36,37-16-9-5-10-17-37)38-18-11-6-12-19-38;1-17-6-8-22(9-7-17)34-19(3)23-18(2)30-31-25(24(23)32-34)33-13-10-20(11-14-33)26(35)28-12-4-5-21-15-27-16-29-21;26-18-10-17-24-19-28(20-27-24)25(21-11-4-1-5-12-21,22-13-6-2-7-14-22)23-15-8-3-9-16-23;1-12-4-6-16(7-5-12)25-14(3)17-13(2)21-22-19(18(17)23-25)24-10-8-15(9-11-24)20(26)27;3-2(4,5)1-6/h4-12,14-19,21-24,30-31,35H,13,20,25-29H2,1-3H3,(H,46,54);6-9,15-16,20H,4-5,10-14H2,1-3H3,(H,27,29)(H,28,35);1-9,11-16,19-20H,10,17-18,26H2;4-7,15H,8-11H2,1-3H3,(H,26,27);1H. The van der Waals surface area contributed by atoms with Crippen molar-refractivity contribution in [1.29, 1.82) is 0 Å². The van der Waals surface area contributed by atoms with Crippen molar-refractivity contribution >= 4 is 74.2 Å². The lowest BCUT2D eigenvalue weighted by Gasteiger charge is -2.37. The monoisotopic (exact) mass is 2020 g/mol. The zero-order chi connectivity index (χ0) is 105. The number of hydrogen-bond donors (Lipinski definition) is 5. The summed E-state index contributed by atoms with van der Waals surface area (Å²) in [5.74, 6) is 1.61. The molecule has 29 nitrogen and oxygen atoms in total. The molecule has 9 aromatic heterocycles. The number of nitrogens with two attached hydrogens (primary N) is 1. The maximum absolute atomic E-state index is 13.4. The van der Waals surface area contributed by atoms with Crippen molar-refractivity contribution in [3.8, 4) is 17.1 Å². The maximum Gasteiger partial charge on any atom is 0.446 e. The maximum atomic E-state index is 13.4. The van der Waals surface area contributed by atoms with Crippen molar-refractivity contribution < 1.29 is 37.5 Å². The number of aldehydes is 1. The van der Waals surface area contributed by atoms with Crippen LogP contribution in [0, 0.1) is 80.1 Å². The smallest absolute Gasteiger partial charge is 0.446 e. The van der Waals surface area contributed by atoms with Gasteiger partial charge in [-0.05, 0) is 216 Å². The Bertz CT molecular complexity index is 7340. The number of hydrogen-bond acceptors (Lipinski definition) is 20. The fourth-order valence-corrected chi connectivity index (χ4v) is 20.7. The van der Waals surface area contributed by atoms with Crippen LogP contribution in [0.1, 0.15) is 159 Å². The summed E-state index contributed by atoms with van der Waals surface area (Å²) in [5.41, 5.74) is 29.9. The van der Waals surface area contributed by atoms with E-state index in [2.05, 4.69) is 377 Å². The van der Waals surface area contributed by atoms with Crippen molar-refractivity contribution in [2.24, 2.45) is 23.5 Å². The Labute approximate surface area is 870 Å². The fourth-order valence-electron chi connectivity index (χ4n) is 20.7. The summed E-state index contributed by atoms with van der Waals surface area (Å²) in [7, 11) is 0. The number of H-pyrrole nitrogens is 1. The van der Waals surface area contributed by atoms with Gasteiger partial charge in [-0.25, -0.2) is 29.0 Å². The topological polar surface area (TPSA) is 343 Å². The molecule has 18 aromatic rings. The summed E-state index contributed by atoms with van der Waals surface area (Å²) in [4.78, 5) is 69.3. The number of carboxylic acids is 1. The minimum absolute atomic E-state index is 0.0270. The summed E-state index contributed by atoms with van der Waals surface area (Å²) in [6, 6.07) is 88.8. The van der Waals surface area contributed by atoms with E-state index in [-0.39, 0.29) is 29.6 Å². The summed E-state index contributed by atoms with van der Waals surface area (Å²) in [5, 5.41) is 60.4. The van der Waals surface area contributed by atoms with E-state index in [4.69, 9.17) is 35.8 Å². The highest BCUT2D eigenvalue weighted by atomic mass is 19.4. The second kappa shape index (κ2) is 48.0. The molecule has 0 spiro atoms. The van der Waals surface area contributed by atoms with Gasteiger partial charge >= 0.3 is 12.1 Å². The van der Waals surface area contributed by atoms with Gasteiger partial charge in [0.15, 0.2) is 17.5 Å². The van der Waals surface area contributed by atoms with Crippen LogP contribution in [-0.4, -0.2) is 183 Å². The van der Waals surface area contributed by atoms with Crippen molar-refractivity contribution in [3.63, 3.8) is 0 Å². The predicted molar refractivity (Wildman–Crippen MR) is 579 cm³/mol. The highest BCUT2D eigenvalue weighted by molar-refractivity contribution is 5.95. The van der Waals surface area contributed by atoms with E-state index in [0.29, 0.717) is 45.6 Å². The number of nitrogens with one attached hydrogen (secondary N) is 3. The van der Waals surface area contributed by atoms with Crippen LogP contribution < -0.4 is 31.1 Å². The predicted octanol–water partition coefficient (Wildman–Crippen LogP) is 19.6. The number of aliphatic carboxylic acids is 1. The Hall–Kier alpha value is -16.5. The van der Waals surface area contributed by atoms with Gasteiger partial charge in [0.2, 0.25) is 18.1 Å². The van der Waals surface area contributed by atoms with Crippen LogP contribution in [0.2, 0.25) is 0 Å². The molecule has 0 bridgehead atoms. The molecular weight excluding hydrogens is 1890 g/mol. The van der Waals surface area contributed by atoms with Gasteiger partial charge in [-0.15, -0.1) is 15.3 Å². The van der Waals surface area contributed by atoms with E-state index in [9.17, 15) is 32.7 Å². The Morgan fingerprint density at radius 2 is 0.687 bits per heavy atom. The number of fused-ring (bicyclic) bond motifs is 3. The molecule has 0 aliphatic carbocycles. The highest BCUT2D eigenvalue weighted by Gasteiger charge is 2.42. The average molecular weight is 2020 g/mol. The second-order valence-corrected chi connectivity index (χ2v) is 38.7. The first-order valence-corrected chi connectivity index (χ1v) is 51.3. The van der Waals surface area contributed by atoms with Crippen LogP contribution in [0.25, 0.3) is 49.8 Å². The number of aromatic nitrogens is 18. The molecule has 3 fully saturated rings. The van der Waals surface area contributed by atoms with Crippen LogP contribution >= 0.6 is 0 Å². The van der Waals surface area contributed by atoms with Crippen molar-refractivity contribution in [3.05, 3.63) is 394 Å². The Morgan fingerprint density at radius 3 is 0.960 bits per heavy atom. The highest BCUT2D eigenvalue weighted by Crippen LogP contribution is 2.45. The van der Waals surface area contributed by atoms with Crippen LogP contribution in [0.3, 0.4) is 0 Å². The number of piperidine rings is 3. The van der Waals surface area contributed by atoms with E-state index in [1.165, 1.54) is 33.4 Å². The SMILES string of the molecule is Cc1ccc(-n2nc3c(N4CCC(C(=O)NCCCc5cn(C(c6ccccc6)(c6ccccc6)c6ccccc6)cn5)CC4)nnc(C)c3c2C)cc1.Cc1ccc(-n2nc3c(N4CCC(C(=O)NCCCc5cnc[nH]5)CC4)nnc(C)c3c2C)cc1.Cc1ccc(-n2nc3c(N4CCC(C(=O)O)CC4)nnc(C)c3c2C)cc1.NCCCc1cn(C(c2ccccc2)(c2ccccc2)c2ccccc2)cn1.O=CC(F)(F)F. The van der Waals surface area contributed by atoms with Crippen LogP contribution in [-0.2, 0) is 49.5 Å². The number of carboxylic acid groups (broad SMARTS) is 1. The molecule has 770 valence electrons. The first-order chi connectivity index (χ1) is 72.8. The van der Waals surface area contributed by atoms with E-state index in [0.717, 1.165) is 226 Å². The molecule has 32 heteroatoms. The molecule has 150 heavy (non-hydrogen) atoms. The molecule has 0 atom stereocenters. The molecule has 3 saturated heterocycles. The van der Waals surface area contributed by atoms with E-state index < -0.39 is 29.5 Å². The third-order valence-electron chi connectivity index (χ3n) is 28.6. The quantitative estimate of drug-likeness (QED) is 0.0173. The van der Waals surface area contributed by atoms with Gasteiger partial charge in [0.1, 0.15) is 27.6 Å². The normalized spacial score (nSPS) is 13.7. The van der Waals surface area contributed by atoms with Gasteiger partial charge in [-0.2, -0.15) is 43.8 Å². The van der Waals surface area contributed by atoms with Crippen LogP contribution in [0.4, 0.5) is 30.6 Å². The minimum Gasteiger partial charge on any atom is -0.481 e. The molecule has 0 radical (unpaired) electrons. The zero-order valence-corrected chi connectivity index (χ0v) is 86.1. The molecule has 6 N–H and O–H groups in total. The van der Waals surface area contributed by atoms with Gasteiger partial charge in [-0.3, -0.25) is 19.2 Å². The number of aryl methyl sites for hydroxylation is 12. The molecule has 9 aromatic carbocycles. The number of rotatable bonds is 28. The average Bonchev–Trinajstić information content (AvgIpc) is 1.27. The van der Waals surface area contributed by atoms with Gasteiger partial charge in [-0.1, -0.05) is 235 Å². The molecule has 21 rings (SSSR count). The number of anilines is 3. The number of carbonyl (C=O) groups is 4. The van der Waals surface area contributed by atoms with Gasteiger partial charge in [0, 0.05) is 88.5 Å². The Kier molecular flexibility index (Phi) is 33.5. The summed E-state index contributed by atoms with van der Waals surface area (Å²) in [6.45, 7) is 24.6. The largest absolute Gasteiger partial charge is 0.481 e. The third kappa shape index (κ3) is 23.5. The summed E-state index contributed by atoms with van der Waals surface area (Å²) < 4.78 is 41.6. The molecule has 3 aliphatic heterocycles. The van der Waals surface area contributed by atoms with Gasteiger partial charge in [0.25, 0.3) is 0 Å². The lowest BCUT2D eigenvalue weighted by atomic mass is 9.77. The fraction of sp³-hybridized carbons (Fsp3) is 0.305. The number of benzene rings is 9. The van der Waals surface area contributed by atoms with Crippen LogP contribution in [0.15, 0.2) is 292 Å². The zero-order valence-electron chi connectivity index (χ0n) is 86.1. The lowest BCUT2D eigenvalue weighted by Crippen LogP contribution is -2.41. The Morgan fingerprint density at radius 1 is 0.400 bits per heavy atom. The van der Waals surface area contributed by atoms with Crippen LogP contribution in [0.5, 0.6) is 0 Å². The Balaban J connectivity index is 0.000000139. The van der Waals surface area contributed by atoms with E-state index in [1.54, 1.807) is 6.33 Å². The number of amides is 2. The molecular formula is C118H127F3N24O5. The van der Waals surface area contributed by atoms with Crippen molar-refractivity contribution in [1.82, 2.24) is 99.6 Å². The van der Waals surface area contributed by atoms with E-state index >= 15 is 0 Å². The minimum atomic E-state index is -4.64. The first-order valence-electron chi connectivity index (χ1n) is 51.3. The number of aromatic amines is 1. The number of imidazole rings is 3. The van der Waals surface area contributed by atoms with Gasteiger partial charge in [0.05, 0.1) is 104 Å². The molecule has 12 heterocycles. The van der Waals surface area contributed by atoms with E-state index in [1.807, 2.05) is 60.6 Å². The molecule has 0 saturated carbocycles. The third-order valence-corrected chi connectivity index (χ3v) is 28.6. The van der Waals surface area contributed by atoms with Gasteiger partial charge < -0.3 is 50.3 Å². The molecule has 3 aliphatic rings. The second-order valence-electron chi connectivity index (χ2n) is 38.7. The molecule has 0 unspecified atom stereocenters. The molecule has 2 amide bonds. The number of nitrogens with zero attached hydrogens (tertiary/aromatic N) is 20. The number of halogens is 3. The number of carbonyl (C=O) groups excluding carboxylic acids is 3. The van der Waals surface area contributed by atoms with Crippen molar-refractivity contribution in [2.75, 3.05) is 73.6 Å². The lowest BCUT2D eigenvalue weighted by molar-refractivity contribution is -0.156. The van der Waals surface area contributed by atoms with Crippen molar-refractivity contribution in [2.45, 2.75) is 157 Å². The summed E-state index contributed by atoms with van der Waals surface area (Å²) >= 11 is 0.